The Hall–Kier alpha value is -2.33. The first-order chi connectivity index (χ1) is 10.2. The van der Waals surface area contributed by atoms with Gasteiger partial charge in [-0.25, -0.2) is 9.97 Å². The summed E-state index contributed by atoms with van der Waals surface area (Å²) in [5.74, 6) is 5.63. The van der Waals surface area contributed by atoms with E-state index in [4.69, 9.17) is 15.2 Å². The molecule has 0 unspecified atom stereocenters. The molecule has 0 aliphatic carbocycles. The van der Waals surface area contributed by atoms with E-state index in [1.807, 2.05) is 0 Å². The summed E-state index contributed by atoms with van der Waals surface area (Å²) < 4.78 is 11.0. The second kappa shape index (κ2) is 6.90. The molecule has 1 aliphatic heterocycles. The zero-order valence-corrected chi connectivity index (χ0v) is 12.1. The lowest BCUT2D eigenvalue weighted by molar-refractivity contribution is -0.126. The number of hydrogen-bond donors (Lipinski definition) is 1. The van der Waals surface area contributed by atoms with E-state index in [1.54, 1.807) is 18.9 Å². The van der Waals surface area contributed by atoms with Crippen LogP contribution in [0.3, 0.4) is 0 Å². The highest BCUT2D eigenvalue weighted by atomic mass is 16.5. The van der Waals surface area contributed by atoms with Crippen LogP contribution in [0.15, 0.2) is 12.5 Å². The van der Waals surface area contributed by atoms with E-state index < -0.39 is 0 Å². The molecule has 7 nitrogen and oxygen atoms in total. The standard InChI is InChI=1S/C14H18N4O3/c1-3-4-13(19)18-7-11(20-2)5-10(18)8-21-12-6-16-9-17-14(12)15/h6,9-11H,5,7-8H2,1-2H3,(H2,15,16,17)/t10-,11-/m0/s1. The number of methoxy groups -OCH3 is 1. The molecule has 0 aromatic carbocycles. The number of ether oxygens (including phenoxy) is 2. The predicted octanol–water partition coefficient (Wildman–Crippen LogP) is 0.0768. The Bertz CT molecular complexity index is 567. The van der Waals surface area contributed by atoms with Gasteiger partial charge >= 0.3 is 0 Å². The summed E-state index contributed by atoms with van der Waals surface area (Å²) in [5, 5.41) is 0. The van der Waals surface area contributed by atoms with Gasteiger partial charge in [-0.05, 0) is 19.3 Å². The number of hydrogen-bond acceptors (Lipinski definition) is 6. The molecule has 0 spiro atoms. The topological polar surface area (TPSA) is 90.6 Å². The molecule has 1 aromatic heterocycles. The Morgan fingerprint density at radius 3 is 3.10 bits per heavy atom. The Balaban J connectivity index is 2.03. The summed E-state index contributed by atoms with van der Waals surface area (Å²) in [6.45, 7) is 2.45. The third-order valence-electron chi connectivity index (χ3n) is 3.34. The number of aromatic nitrogens is 2. The molecule has 0 saturated carbocycles. The van der Waals surface area contributed by atoms with Crippen LogP contribution in [0, 0.1) is 11.8 Å². The maximum Gasteiger partial charge on any atom is 0.298 e. The molecule has 0 radical (unpaired) electrons. The van der Waals surface area contributed by atoms with E-state index in [1.165, 1.54) is 12.5 Å². The molecular weight excluding hydrogens is 272 g/mol. The second-order valence-electron chi connectivity index (χ2n) is 4.66. The molecule has 1 fully saturated rings. The lowest BCUT2D eigenvalue weighted by Gasteiger charge is -2.22. The minimum Gasteiger partial charge on any atom is -0.486 e. The van der Waals surface area contributed by atoms with Gasteiger partial charge in [0.15, 0.2) is 11.6 Å². The minimum absolute atomic E-state index is 0.00873. The van der Waals surface area contributed by atoms with Gasteiger partial charge in [0.2, 0.25) is 0 Å². The maximum absolute atomic E-state index is 12.0. The van der Waals surface area contributed by atoms with Gasteiger partial charge in [0, 0.05) is 13.7 Å². The van der Waals surface area contributed by atoms with Crippen molar-refractivity contribution in [1.82, 2.24) is 14.9 Å². The van der Waals surface area contributed by atoms with Crippen LogP contribution in [-0.4, -0.2) is 53.2 Å². The Morgan fingerprint density at radius 1 is 1.62 bits per heavy atom. The molecule has 2 atom stereocenters. The molecule has 2 rings (SSSR count). The highest BCUT2D eigenvalue weighted by Crippen LogP contribution is 2.22. The number of amides is 1. The van der Waals surface area contributed by atoms with E-state index in [0.29, 0.717) is 25.3 Å². The normalized spacial score (nSPS) is 20.8. The number of nitrogens with zero attached hydrogens (tertiary/aromatic N) is 3. The summed E-state index contributed by atoms with van der Waals surface area (Å²) in [7, 11) is 1.63. The zero-order chi connectivity index (χ0) is 15.2. The van der Waals surface area contributed by atoms with Crippen molar-refractivity contribution in [3.05, 3.63) is 12.5 Å². The summed E-state index contributed by atoms with van der Waals surface area (Å²) in [6, 6.07) is -0.108. The van der Waals surface area contributed by atoms with Gasteiger partial charge in [-0.2, -0.15) is 0 Å². The van der Waals surface area contributed by atoms with Gasteiger partial charge in [0.1, 0.15) is 12.9 Å². The van der Waals surface area contributed by atoms with Crippen molar-refractivity contribution in [3.8, 4) is 17.6 Å². The third-order valence-corrected chi connectivity index (χ3v) is 3.34. The Kier molecular flexibility index (Phi) is 4.95. The van der Waals surface area contributed by atoms with Crippen LogP contribution in [-0.2, 0) is 9.53 Å². The van der Waals surface area contributed by atoms with E-state index in [9.17, 15) is 4.79 Å². The Labute approximate surface area is 123 Å². The fourth-order valence-corrected chi connectivity index (χ4v) is 2.25. The molecule has 1 saturated heterocycles. The fourth-order valence-electron chi connectivity index (χ4n) is 2.25. The average molecular weight is 290 g/mol. The molecule has 2 heterocycles. The molecular formula is C14H18N4O3. The van der Waals surface area contributed by atoms with Crippen LogP contribution in [0.2, 0.25) is 0 Å². The van der Waals surface area contributed by atoms with Crippen LogP contribution >= 0.6 is 0 Å². The first kappa shape index (κ1) is 15.1. The van der Waals surface area contributed by atoms with Gasteiger partial charge in [0.05, 0.1) is 18.3 Å². The molecule has 1 aliphatic rings. The Morgan fingerprint density at radius 2 is 2.43 bits per heavy atom. The predicted molar refractivity (Wildman–Crippen MR) is 76.3 cm³/mol. The maximum atomic E-state index is 12.0. The first-order valence-electron chi connectivity index (χ1n) is 6.60. The highest BCUT2D eigenvalue weighted by molar-refractivity contribution is 5.93. The zero-order valence-electron chi connectivity index (χ0n) is 12.1. The van der Waals surface area contributed by atoms with Crippen molar-refractivity contribution in [2.45, 2.75) is 25.5 Å². The molecule has 2 N–H and O–H groups in total. The first-order valence-corrected chi connectivity index (χ1v) is 6.60. The smallest absolute Gasteiger partial charge is 0.298 e. The summed E-state index contributed by atoms with van der Waals surface area (Å²) >= 11 is 0. The quantitative estimate of drug-likeness (QED) is 0.790. The van der Waals surface area contributed by atoms with Gasteiger partial charge in [-0.3, -0.25) is 4.79 Å². The molecule has 21 heavy (non-hydrogen) atoms. The number of anilines is 1. The number of likely N-dealkylation sites (tertiary alicyclic amines) is 1. The summed E-state index contributed by atoms with van der Waals surface area (Å²) in [5.41, 5.74) is 5.70. The van der Waals surface area contributed by atoms with Crippen LogP contribution < -0.4 is 10.5 Å². The van der Waals surface area contributed by atoms with Crippen molar-refractivity contribution < 1.29 is 14.3 Å². The largest absolute Gasteiger partial charge is 0.486 e. The van der Waals surface area contributed by atoms with E-state index in [0.717, 1.165) is 0 Å². The van der Waals surface area contributed by atoms with Crippen LogP contribution in [0.5, 0.6) is 5.75 Å². The van der Waals surface area contributed by atoms with Gasteiger partial charge in [-0.1, -0.05) is 5.92 Å². The van der Waals surface area contributed by atoms with Crippen molar-refractivity contribution >= 4 is 11.7 Å². The number of nitrogens with two attached hydrogens (primary N) is 1. The molecule has 1 aromatic rings. The van der Waals surface area contributed by atoms with Crippen molar-refractivity contribution in [2.75, 3.05) is 26.0 Å². The van der Waals surface area contributed by atoms with Crippen LogP contribution in [0.4, 0.5) is 5.82 Å². The van der Waals surface area contributed by atoms with Crippen LogP contribution in [0.1, 0.15) is 13.3 Å². The molecule has 112 valence electrons. The number of carbonyl (C=O) groups excluding carboxylic acids is 1. The third kappa shape index (κ3) is 3.61. The fraction of sp³-hybridized carbons (Fsp3) is 0.500. The summed E-state index contributed by atoms with van der Waals surface area (Å²) in [4.78, 5) is 21.4. The highest BCUT2D eigenvalue weighted by Gasteiger charge is 2.35. The average Bonchev–Trinajstić information content (AvgIpc) is 2.90. The van der Waals surface area contributed by atoms with Gasteiger partial charge < -0.3 is 20.1 Å². The van der Waals surface area contributed by atoms with Gasteiger partial charge in [0.25, 0.3) is 5.91 Å². The second-order valence-corrected chi connectivity index (χ2v) is 4.66. The van der Waals surface area contributed by atoms with Crippen molar-refractivity contribution in [2.24, 2.45) is 0 Å². The van der Waals surface area contributed by atoms with E-state index >= 15 is 0 Å². The van der Waals surface area contributed by atoms with E-state index in [-0.39, 0.29) is 23.9 Å². The van der Waals surface area contributed by atoms with Crippen LogP contribution in [0.25, 0.3) is 0 Å². The number of rotatable bonds is 4. The molecule has 7 heteroatoms. The molecule has 1 amide bonds. The minimum atomic E-state index is -0.220. The monoisotopic (exact) mass is 290 g/mol. The lowest BCUT2D eigenvalue weighted by atomic mass is 10.2. The lowest BCUT2D eigenvalue weighted by Crippen LogP contribution is -2.38. The molecule has 0 bridgehead atoms. The van der Waals surface area contributed by atoms with E-state index in [2.05, 4.69) is 21.8 Å². The number of carbonyl (C=O) groups is 1. The summed E-state index contributed by atoms with van der Waals surface area (Å²) in [6.07, 6.45) is 3.54. The van der Waals surface area contributed by atoms with Gasteiger partial charge in [-0.15, -0.1) is 0 Å². The number of nitrogen functional groups attached to an aromatic ring is 1. The van der Waals surface area contributed by atoms with Crippen molar-refractivity contribution in [3.63, 3.8) is 0 Å². The SMILES string of the molecule is CC#CC(=O)N1C[C@@H](OC)C[C@H]1COc1cncnc1N. The van der Waals surface area contributed by atoms with Crippen molar-refractivity contribution in [1.29, 1.82) is 0 Å².